The predicted molar refractivity (Wildman–Crippen MR) is 103 cm³/mol. The Bertz CT molecular complexity index is 885. The van der Waals surface area contributed by atoms with Crippen LogP contribution in [0.5, 0.6) is 0 Å². The normalized spacial score (nSPS) is 16.6. The Balaban J connectivity index is 1.59. The van der Waals surface area contributed by atoms with Crippen molar-refractivity contribution >= 4 is 29.0 Å². The van der Waals surface area contributed by atoms with Crippen LogP contribution in [0.3, 0.4) is 0 Å². The number of rotatable bonds is 4. The van der Waals surface area contributed by atoms with E-state index in [0.717, 1.165) is 12.3 Å². The number of hydrogen-bond donors (Lipinski definition) is 1. The summed E-state index contributed by atoms with van der Waals surface area (Å²) < 4.78 is 51.5. The summed E-state index contributed by atoms with van der Waals surface area (Å²) in [5, 5.41) is 2.61. The highest BCUT2D eigenvalue weighted by Crippen LogP contribution is 2.33. The molecule has 0 bridgehead atoms. The predicted octanol–water partition coefficient (Wildman–Crippen LogP) is 4.04. The van der Waals surface area contributed by atoms with Crippen molar-refractivity contribution in [3.8, 4) is 0 Å². The molecule has 1 aromatic heterocycles. The quantitative estimate of drug-likeness (QED) is 0.744. The van der Waals surface area contributed by atoms with Gasteiger partial charge in [0.2, 0.25) is 5.91 Å². The number of pyridine rings is 1. The highest BCUT2D eigenvalue weighted by atomic mass is 35.5. The minimum atomic E-state index is -4.50. The number of benzene rings is 1. The molecule has 1 unspecified atom stereocenters. The van der Waals surface area contributed by atoms with Gasteiger partial charge in [-0.2, -0.15) is 13.2 Å². The first-order valence-corrected chi connectivity index (χ1v) is 9.31. The van der Waals surface area contributed by atoms with Crippen molar-refractivity contribution < 1.29 is 22.4 Å². The summed E-state index contributed by atoms with van der Waals surface area (Å²) in [5.74, 6) is -0.420. The molecule has 1 N–H and O–H groups in total. The Kier molecular flexibility index (Phi) is 6.28. The summed E-state index contributed by atoms with van der Waals surface area (Å²) in [5.41, 5.74) is -0.520. The third-order valence-corrected chi connectivity index (χ3v) is 5.06. The summed E-state index contributed by atoms with van der Waals surface area (Å²) in [6, 6.07) is 6.04. The zero-order chi connectivity index (χ0) is 21.2. The third-order valence-electron chi connectivity index (χ3n) is 4.78. The topological polar surface area (TPSA) is 48.5 Å². The number of amides is 1. The van der Waals surface area contributed by atoms with Crippen LogP contribution in [0.2, 0.25) is 5.02 Å². The second-order valence-electron chi connectivity index (χ2n) is 6.73. The van der Waals surface area contributed by atoms with E-state index in [0.29, 0.717) is 31.9 Å². The minimum absolute atomic E-state index is 0.0647. The van der Waals surface area contributed by atoms with Crippen molar-refractivity contribution in [1.29, 1.82) is 0 Å². The Labute approximate surface area is 170 Å². The van der Waals surface area contributed by atoms with Crippen LogP contribution < -0.4 is 10.2 Å². The zero-order valence-corrected chi connectivity index (χ0v) is 16.3. The zero-order valence-electron chi connectivity index (χ0n) is 15.5. The summed E-state index contributed by atoms with van der Waals surface area (Å²) in [4.78, 5) is 20.0. The number of piperazine rings is 1. The van der Waals surface area contributed by atoms with Gasteiger partial charge in [-0.3, -0.25) is 9.69 Å². The number of anilines is 2. The van der Waals surface area contributed by atoms with Crippen LogP contribution in [0.4, 0.5) is 29.1 Å². The van der Waals surface area contributed by atoms with Crippen LogP contribution in [0.1, 0.15) is 12.5 Å². The molecule has 0 aliphatic carbocycles. The van der Waals surface area contributed by atoms with E-state index in [1.54, 1.807) is 17.9 Å². The molecule has 1 aliphatic heterocycles. The average molecular weight is 431 g/mol. The Morgan fingerprint density at radius 3 is 2.48 bits per heavy atom. The van der Waals surface area contributed by atoms with Gasteiger partial charge >= 0.3 is 6.18 Å². The van der Waals surface area contributed by atoms with Gasteiger partial charge in [-0.15, -0.1) is 0 Å². The van der Waals surface area contributed by atoms with E-state index in [2.05, 4.69) is 10.3 Å². The lowest BCUT2D eigenvalue weighted by atomic mass is 10.2. The SMILES string of the molecule is CC(C(=O)Nc1cccc(F)c1)N1CCN(c2ncc(C(F)(F)F)cc2Cl)CC1. The first kappa shape index (κ1) is 21.3. The van der Waals surface area contributed by atoms with Gasteiger partial charge in [-0.25, -0.2) is 9.37 Å². The van der Waals surface area contributed by atoms with E-state index in [-0.39, 0.29) is 16.7 Å². The van der Waals surface area contributed by atoms with Crippen molar-refractivity contribution in [3.63, 3.8) is 0 Å². The van der Waals surface area contributed by atoms with E-state index < -0.39 is 23.6 Å². The number of hydrogen-bond acceptors (Lipinski definition) is 4. The van der Waals surface area contributed by atoms with Crippen LogP contribution in [0, 0.1) is 5.82 Å². The molecule has 0 saturated carbocycles. The molecule has 0 radical (unpaired) electrons. The molecule has 29 heavy (non-hydrogen) atoms. The number of aromatic nitrogens is 1. The van der Waals surface area contributed by atoms with Gasteiger partial charge in [-0.05, 0) is 31.2 Å². The third kappa shape index (κ3) is 5.16. The lowest BCUT2D eigenvalue weighted by molar-refractivity contribution is -0.137. The van der Waals surface area contributed by atoms with Crippen molar-refractivity contribution in [2.45, 2.75) is 19.1 Å². The number of carbonyl (C=O) groups is 1. The minimum Gasteiger partial charge on any atom is -0.353 e. The average Bonchev–Trinajstić information content (AvgIpc) is 2.67. The molecule has 1 aromatic carbocycles. The first-order valence-electron chi connectivity index (χ1n) is 8.93. The van der Waals surface area contributed by atoms with Gasteiger partial charge in [0, 0.05) is 38.1 Å². The first-order chi connectivity index (χ1) is 13.6. The van der Waals surface area contributed by atoms with Crippen LogP contribution in [0.15, 0.2) is 36.5 Å². The molecule has 1 amide bonds. The van der Waals surface area contributed by atoms with Crippen LogP contribution in [-0.4, -0.2) is 48.0 Å². The monoisotopic (exact) mass is 430 g/mol. The number of nitrogens with one attached hydrogen (secondary N) is 1. The Morgan fingerprint density at radius 2 is 1.90 bits per heavy atom. The summed E-state index contributed by atoms with van der Waals surface area (Å²) >= 11 is 6.01. The molecule has 1 fully saturated rings. The highest BCUT2D eigenvalue weighted by Gasteiger charge is 2.33. The van der Waals surface area contributed by atoms with Crippen molar-refractivity contribution in [2.75, 3.05) is 36.4 Å². The maximum absolute atomic E-state index is 13.3. The number of halogens is 5. The lowest BCUT2D eigenvalue weighted by Gasteiger charge is -2.38. The van der Waals surface area contributed by atoms with E-state index in [9.17, 15) is 22.4 Å². The highest BCUT2D eigenvalue weighted by molar-refractivity contribution is 6.33. The Hall–Kier alpha value is -2.39. The molecule has 10 heteroatoms. The fourth-order valence-corrected chi connectivity index (χ4v) is 3.40. The smallest absolute Gasteiger partial charge is 0.353 e. The van der Waals surface area contributed by atoms with Gasteiger partial charge in [-0.1, -0.05) is 17.7 Å². The van der Waals surface area contributed by atoms with E-state index in [1.165, 1.54) is 18.2 Å². The summed E-state index contributed by atoms with van der Waals surface area (Å²) in [7, 11) is 0. The van der Waals surface area contributed by atoms with Gasteiger partial charge in [0.25, 0.3) is 0 Å². The number of carbonyl (C=O) groups excluding carboxylic acids is 1. The molecule has 2 aromatic rings. The number of nitrogens with zero attached hydrogens (tertiary/aromatic N) is 3. The van der Waals surface area contributed by atoms with Gasteiger partial charge < -0.3 is 10.2 Å². The van der Waals surface area contributed by atoms with Crippen molar-refractivity contribution in [2.24, 2.45) is 0 Å². The summed E-state index contributed by atoms with van der Waals surface area (Å²) in [6.45, 7) is 3.65. The number of alkyl halides is 3. The van der Waals surface area contributed by atoms with Crippen LogP contribution in [0.25, 0.3) is 0 Å². The molecule has 5 nitrogen and oxygen atoms in total. The molecule has 2 heterocycles. The second kappa shape index (κ2) is 8.54. The molecule has 1 atom stereocenters. The van der Waals surface area contributed by atoms with E-state index in [4.69, 9.17) is 11.6 Å². The van der Waals surface area contributed by atoms with Gasteiger partial charge in [0.15, 0.2) is 0 Å². The molecule has 156 valence electrons. The van der Waals surface area contributed by atoms with E-state index in [1.807, 2.05) is 4.90 Å². The maximum atomic E-state index is 13.3. The van der Waals surface area contributed by atoms with Gasteiger partial charge in [0.1, 0.15) is 11.6 Å². The van der Waals surface area contributed by atoms with Crippen molar-refractivity contribution in [1.82, 2.24) is 9.88 Å². The van der Waals surface area contributed by atoms with Crippen LogP contribution in [-0.2, 0) is 11.0 Å². The molecule has 1 saturated heterocycles. The Morgan fingerprint density at radius 1 is 1.21 bits per heavy atom. The molecular formula is C19H19ClF4N4O. The lowest BCUT2D eigenvalue weighted by Crippen LogP contribution is -2.53. The fraction of sp³-hybridized carbons (Fsp3) is 0.368. The molecule has 3 rings (SSSR count). The molecule has 1 aliphatic rings. The standard InChI is InChI=1S/C19H19ClF4N4O/c1-12(18(29)26-15-4-2-3-14(21)10-15)27-5-7-28(8-6-27)17-16(20)9-13(11-25-17)19(22,23)24/h2-4,9-12H,5-8H2,1H3,(H,26,29). The second-order valence-corrected chi connectivity index (χ2v) is 7.13. The molecular weight excluding hydrogens is 412 g/mol. The fourth-order valence-electron chi connectivity index (χ4n) is 3.12. The van der Waals surface area contributed by atoms with Gasteiger partial charge in [0.05, 0.1) is 16.6 Å². The van der Waals surface area contributed by atoms with Crippen LogP contribution >= 0.6 is 11.6 Å². The molecule has 0 spiro atoms. The maximum Gasteiger partial charge on any atom is 0.417 e. The van der Waals surface area contributed by atoms with Crippen molar-refractivity contribution in [3.05, 3.63) is 52.9 Å². The van der Waals surface area contributed by atoms with E-state index >= 15 is 0 Å². The largest absolute Gasteiger partial charge is 0.417 e. The summed E-state index contributed by atoms with van der Waals surface area (Å²) in [6.07, 6.45) is -3.74.